The molecular weight excluding hydrogens is 623 g/mol. The molecule has 4 heteroatoms. The van der Waals surface area contributed by atoms with Crippen LogP contribution in [0.1, 0.15) is 0 Å². The lowest BCUT2D eigenvalue weighted by atomic mass is 9.99. The first kappa shape index (κ1) is 29.0. The third kappa shape index (κ3) is 5.22. The average molecular weight is 652 g/mol. The first-order chi connectivity index (χ1) is 25.2. The third-order valence-electron chi connectivity index (χ3n) is 9.72. The summed E-state index contributed by atoms with van der Waals surface area (Å²) in [4.78, 5) is 15.4. The van der Waals surface area contributed by atoms with Gasteiger partial charge in [0, 0.05) is 27.5 Å². The normalized spacial score (nSPS) is 11.5. The maximum Gasteiger partial charge on any atom is 0.164 e. The van der Waals surface area contributed by atoms with Crippen LogP contribution >= 0.6 is 0 Å². The molecule has 2 heterocycles. The van der Waals surface area contributed by atoms with Gasteiger partial charge in [0.15, 0.2) is 17.5 Å². The highest BCUT2D eigenvalue weighted by molar-refractivity contribution is 6.15. The summed E-state index contributed by atoms with van der Waals surface area (Å²) in [6.07, 6.45) is 0. The molecule has 2 aromatic heterocycles. The zero-order valence-electron chi connectivity index (χ0n) is 27.5. The third-order valence-corrected chi connectivity index (χ3v) is 9.72. The van der Waals surface area contributed by atoms with Crippen LogP contribution in [-0.4, -0.2) is 15.0 Å². The minimum absolute atomic E-state index is 0.602. The van der Waals surface area contributed by atoms with Gasteiger partial charge >= 0.3 is 0 Å². The molecule has 51 heavy (non-hydrogen) atoms. The highest BCUT2D eigenvalue weighted by atomic mass is 16.3. The number of aromatic nitrogens is 3. The van der Waals surface area contributed by atoms with Gasteiger partial charge in [-0.2, -0.15) is 0 Å². The highest BCUT2D eigenvalue weighted by Gasteiger charge is 2.18. The molecule has 0 aliphatic heterocycles. The summed E-state index contributed by atoms with van der Waals surface area (Å²) in [7, 11) is 0. The van der Waals surface area contributed by atoms with Gasteiger partial charge in [0.25, 0.3) is 0 Å². The van der Waals surface area contributed by atoms with Gasteiger partial charge in [-0.1, -0.05) is 152 Å². The van der Waals surface area contributed by atoms with Crippen molar-refractivity contribution in [2.24, 2.45) is 0 Å². The van der Waals surface area contributed by atoms with Crippen molar-refractivity contribution in [3.63, 3.8) is 0 Å². The van der Waals surface area contributed by atoms with E-state index in [1.807, 2.05) is 18.2 Å². The van der Waals surface area contributed by atoms with Gasteiger partial charge in [-0.15, -0.1) is 0 Å². The average Bonchev–Trinajstić information content (AvgIpc) is 3.57. The smallest absolute Gasteiger partial charge is 0.164 e. The lowest BCUT2D eigenvalue weighted by Gasteiger charge is -2.11. The van der Waals surface area contributed by atoms with E-state index in [9.17, 15) is 0 Å². The quantitative estimate of drug-likeness (QED) is 0.186. The van der Waals surface area contributed by atoms with Gasteiger partial charge in [0.05, 0.1) is 0 Å². The van der Waals surface area contributed by atoms with Crippen molar-refractivity contribution in [2.75, 3.05) is 0 Å². The van der Waals surface area contributed by atoms with Crippen LogP contribution < -0.4 is 0 Å². The van der Waals surface area contributed by atoms with Crippen molar-refractivity contribution in [1.82, 2.24) is 15.0 Å². The molecule has 0 spiro atoms. The molecule has 10 rings (SSSR count). The van der Waals surface area contributed by atoms with Gasteiger partial charge in [-0.05, 0) is 68.1 Å². The fraction of sp³-hybridized carbons (Fsp3) is 0. The van der Waals surface area contributed by atoms with Crippen LogP contribution in [0.25, 0.3) is 99.9 Å². The van der Waals surface area contributed by atoms with E-state index >= 15 is 0 Å². The van der Waals surface area contributed by atoms with E-state index < -0.39 is 0 Å². The van der Waals surface area contributed by atoms with Crippen LogP contribution in [0, 0.1) is 0 Å². The predicted octanol–water partition coefficient (Wildman–Crippen LogP) is 12.4. The Labute approximate surface area is 294 Å². The second-order valence-corrected chi connectivity index (χ2v) is 12.9. The topological polar surface area (TPSA) is 51.8 Å². The Morgan fingerprint density at radius 3 is 1.51 bits per heavy atom. The van der Waals surface area contributed by atoms with E-state index in [1.54, 1.807) is 0 Å². The zero-order valence-corrected chi connectivity index (χ0v) is 27.5. The van der Waals surface area contributed by atoms with Gasteiger partial charge in [0.2, 0.25) is 0 Å². The van der Waals surface area contributed by atoms with Crippen LogP contribution in [0.5, 0.6) is 0 Å². The largest absolute Gasteiger partial charge is 0.456 e. The lowest BCUT2D eigenvalue weighted by molar-refractivity contribution is 0.669. The van der Waals surface area contributed by atoms with Crippen molar-refractivity contribution >= 4 is 43.5 Å². The Bertz CT molecular complexity index is 2890. The van der Waals surface area contributed by atoms with E-state index in [-0.39, 0.29) is 0 Å². The summed E-state index contributed by atoms with van der Waals surface area (Å²) in [5, 5.41) is 6.64. The molecule has 0 saturated heterocycles. The van der Waals surface area contributed by atoms with Crippen LogP contribution in [0.3, 0.4) is 0 Å². The van der Waals surface area contributed by atoms with E-state index in [0.29, 0.717) is 17.5 Å². The molecule has 0 amide bonds. The molecule has 4 nitrogen and oxygen atoms in total. The van der Waals surface area contributed by atoms with E-state index in [2.05, 4.69) is 158 Å². The maximum atomic E-state index is 6.42. The van der Waals surface area contributed by atoms with E-state index in [1.165, 1.54) is 16.5 Å². The number of hydrogen-bond donors (Lipinski definition) is 0. The van der Waals surface area contributed by atoms with Crippen LogP contribution in [0.15, 0.2) is 180 Å². The van der Waals surface area contributed by atoms with Crippen molar-refractivity contribution < 1.29 is 4.42 Å². The minimum Gasteiger partial charge on any atom is -0.456 e. The molecule has 0 atom stereocenters. The molecule has 0 saturated carbocycles. The van der Waals surface area contributed by atoms with Crippen molar-refractivity contribution in [3.8, 4) is 56.4 Å². The van der Waals surface area contributed by atoms with Crippen LogP contribution in [-0.2, 0) is 0 Å². The van der Waals surface area contributed by atoms with Gasteiger partial charge in [-0.25, -0.2) is 15.0 Å². The zero-order chi connectivity index (χ0) is 33.7. The number of rotatable bonds is 5. The molecular formula is C47H29N3O. The highest BCUT2D eigenvalue weighted by Crippen LogP contribution is 2.38. The fourth-order valence-corrected chi connectivity index (χ4v) is 7.08. The molecule has 238 valence electrons. The Balaban J connectivity index is 1.11. The van der Waals surface area contributed by atoms with Crippen molar-refractivity contribution in [3.05, 3.63) is 176 Å². The van der Waals surface area contributed by atoms with Gasteiger partial charge in [-0.3, -0.25) is 0 Å². The Hall–Kier alpha value is -6.91. The Kier molecular flexibility index (Phi) is 6.78. The van der Waals surface area contributed by atoms with Crippen molar-refractivity contribution in [1.29, 1.82) is 0 Å². The SMILES string of the molecule is c1ccc(-c2ccc(-c3ccc(-c4nc(-c5ccc6ccccc6c5)nc(-c5cccc6oc7cc8ccccc8cc7c56)n4)cc3)cc2)cc1. The molecule has 0 fully saturated rings. The van der Waals surface area contributed by atoms with Crippen LogP contribution in [0.2, 0.25) is 0 Å². The first-order valence-corrected chi connectivity index (χ1v) is 17.1. The number of furan rings is 1. The van der Waals surface area contributed by atoms with Gasteiger partial charge in [0.1, 0.15) is 11.2 Å². The fourth-order valence-electron chi connectivity index (χ4n) is 7.08. The lowest BCUT2D eigenvalue weighted by Crippen LogP contribution is -2.00. The second kappa shape index (κ2) is 11.9. The molecule has 8 aromatic carbocycles. The summed E-state index contributed by atoms with van der Waals surface area (Å²) in [5.41, 5.74) is 9.09. The maximum absolute atomic E-state index is 6.42. The minimum atomic E-state index is 0.602. The summed E-state index contributed by atoms with van der Waals surface area (Å²) >= 11 is 0. The molecule has 0 N–H and O–H groups in total. The Morgan fingerprint density at radius 2 is 0.824 bits per heavy atom. The monoisotopic (exact) mass is 651 g/mol. The molecule has 0 aliphatic rings. The number of fused-ring (bicyclic) bond motifs is 5. The predicted molar refractivity (Wildman–Crippen MR) is 209 cm³/mol. The second-order valence-electron chi connectivity index (χ2n) is 12.9. The summed E-state index contributed by atoms with van der Waals surface area (Å²) in [6.45, 7) is 0. The van der Waals surface area contributed by atoms with Crippen molar-refractivity contribution in [2.45, 2.75) is 0 Å². The number of hydrogen-bond acceptors (Lipinski definition) is 4. The molecule has 0 bridgehead atoms. The molecule has 0 unspecified atom stereocenters. The Morgan fingerprint density at radius 1 is 0.314 bits per heavy atom. The summed E-state index contributed by atoms with van der Waals surface area (Å²) in [5.74, 6) is 1.84. The number of benzene rings is 8. The first-order valence-electron chi connectivity index (χ1n) is 17.1. The molecule has 10 aromatic rings. The molecule has 0 radical (unpaired) electrons. The molecule has 0 aliphatic carbocycles. The summed E-state index contributed by atoms with van der Waals surface area (Å²) < 4.78 is 6.42. The summed E-state index contributed by atoms with van der Waals surface area (Å²) in [6, 6.07) is 61.2. The van der Waals surface area contributed by atoms with Gasteiger partial charge < -0.3 is 4.42 Å². The van der Waals surface area contributed by atoms with E-state index in [0.717, 1.165) is 65.9 Å². The van der Waals surface area contributed by atoms with Crippen LogP contribution in [0.4, 0.5) is 0 Å². The number of nitrogens with zero attached hydrogens (tertiary/aromatic N) is 3. The standard InChI is InChI=1S/C47H29N3O/c1-2-9-30(10-3-1)32-17-19-33(20-18-32)34-21-24-35(25-22-34)45-48-46(39-26-23-31-11-4-5-12-36(31)27-39)50-47(49-45)40-15-8-16-42-44(40)41-28-37-13-6-7-14-38(37)29-43(41)51-42/h1-29H. The van der Waals surface area contributed by atoms with E-state index in [4.69, 9.17) is 19.4 Å².